The number of benzene rings is 2. The number of nitrogens with two attached hydrogens (primary N) is 1. The number of rotatable bonds is 8. The van der Waals surface area contributed by atoms with Crippen LogP contribution in [0.25, 0.3) is 0 Å². The second-order valence-corrected chi connectivity index (χ2v) is 8.15. The summed E-state index contributed by atoms with van der Waals surface area (Å²) in [5.74, 6) is 4.75. The van der Waals surface area contributed by atoms with Crippen molar-refractivity contribution in [2.75, 3.05) is 17.7 Å². The van der Waals surface area contributed by atoms with Gasteiger partial charge in [0.05, 0.1) is 22.9 Å². The summed E-state index contributed by atoms with van der Waals surface area (Å²) in [6.07, 6.45) is 1.53. The van der Waals surface area contributed by atoms with Crippen molar-refractivity contribution in [2.45, 2.75) is 24.8 Å². The predicted octanol–water partition coefficient (Wildman–Crippen LogP) is 2.49. The normalized spacial score (nSPS) is 12.7. The lowest BCUT2D eigenvalue weighted by Crippen LogP contribution is -2.19. The quantitative estimate of drug-likeness (QED) is 0.311. The Labute approximate surface area is 159 Å². The molecule has 3 N–H and O–H groups in total. The van der Waals surface area contributed by atoms with Crippen LogP contribution in [0.5, 0.6) is 0 Å². The zero-order valence-corrected chi connectivity index (χ0v) is 16.1. The number of ether oxygens (including phenoxy) is 1. The van der Waals surface area contributed by atoms with Crippen LogP contribution < -0.4 is 11.2 Å². The molecule has 27 heavy (non-hydrogen) atoms. The molecule has 8 heteroatoms. The molecule has 0 bridgehead atoms. The van der Waals surface area contributed by atoms with Gasteiger partial charge in [-0.05, 0) is 35.4 Å². The number of sulfone groups is 1. The molecule has 1 atom stereocenters. The fraction of sp³-hybridized carbons (Fsp3) is 0.263. The maximum absolute atomic E-state index is 12.2. The maximum Gasteiger partial charge on any atom is 0.302 e. The molecular formula is C19H23N3O4S. The molecule has 0 amide bonds. The van der Waals surface area contributed by atoms with E-state index in [4.69, 9.17) is 10.6 Å². The van der Waals surface area contributed by atoms with Gasteiger partial charge in [-0.25, -0.2) is 8.42 Å². The first-order chi connectivity index (χ1) is 12.9. The molecule has 7 nitrogen and oxygen atoms in total. The third-order valence-electron chi connectivity index (χ3n) is 3.93. The third kappa shape index (κ3) is 5.82. The van der Waals surface area contributed by atoms with Crippen molar-refractivity contribution in [3.63, 3.8) is 0 Å². The van der Waals surface area contributed by atoms with Gasteiger partial charge >= 0.3 is 5.97 Å². The van der Waals surface area contributed by atoms with E-state index in [-0.39, 0.29) is 17.3 Å². The van der Waals surface area contributed by atoms with Crippen LogP contribution >= 0.6 is 0 Å². The average Bonchev–Trinajstić information content (AvgIpc) is 2.66. The van der Waals surface area contributed by atoms with Gasteiger partial charge in [0.25, 0.3) is 0 Å². The van der Waals surface area contributed by atoms with E-state index in [1.54, 1.807) is 31.2 Å². The van der Waals surface area contributed by atoms with Crippen LogP contribution in [0.1, 0.15) is 31.0 Å². The lowest BCUT2D eigenvalue weighted by molar-refractivity contribution is -0.141. The van der Waals surface area contributed by atoms with Gasteiger partial charge in [0.1, 0.15) is 6.61 Å². The lowest BCUT2D eigenvalue weighted by Gasteiger charge is -2.21. The summed E-state index contributed by atoms with van der Waals surface area (Å²) in [6.45, 7) is 3.00. The van der Waals surface area contributed by atoms with E-state index < -0.39 is 21.8 Å². The van der Waals surface area contributed by atoms with Gasteiger partial charge in [0.15, 0.2) is 9.84 Å². The Kier molecular flexibility index (Phi) is 6.95. The van der Waals surface area contributed by atoms with Gasteiger partial charge < -0.3 is 15.9 Å². The first-order valence-corrected chi connectivity index (χ1v) is 10.1. The number of hydrazone groups is 1. The second-order valence-electron chi connectivity index (χ2n) is 5.88. The minimum absolute atomic E-state index is 0.0165. The van der Waals surface area contributed by atoms with Crippen molar-refractivity contribution in [1.82, 2.24) is 0 Å². The van der Waals surface area contributed by atoms with Crippen LogP contribution in [-0.2, 0) is 19.4 Å². The summed E-state index contributed by atoms with van der Waals surface area (Å²) in [7, 11) is -3.33. The van der Waals surface area contributed by atoms with Gasteiger partial charge in [-0.3, -0.25) is 4.79 Å². The van der Waals surface area contributed by atoms with Gasteiger partial charge in [-0.15, -0.1) is 0 Å². The Morgan fingerprint density at radius 1 is 1.26 bits per heavy atom. The van der Waals surface area contributed by atoms with Gasteiger partial charge in [0, 0.05) is 12.6 Å². The number of carbonyl (C=O) groups excluding carboxylic acids is 1. The van der Waals surface area contributed by atoms with Crippen LogP contribution in [0.3, 0.4) is 0 Å². The van der Waals surface area contributed by atoms with E-state index in [1.165, 1.54) is 13.1 Å². The number of hydrogen-bond acceptors (Lipinski definition) is 7. The van der Waals surface area contributed by atoms with Crippen LogP contribution in [-0.4, -0.2) is 33.0 Å². The van der Waals surface area contributed by atoms with Crippen molar-refractivity contribution >= 4 is 27.7 Å². The largest absolute Gasteiger partial charge is 0.463 e. The van der Waals surface area contributed by atoms with Crippen LogP contribution in [0.4, 0.5) is 5.69 Å². The molecule has 2 rings (SSSR count). The molecule has 0 spiro atoms. The fourth-order valence-corrected chi connectivity index (χ4v) is 3.40. The smallest absolute Gasteiger partial charge is 0.302 e. The molecular weight excluding hydrogens is 366 g/mol. The number of nitrogens with zero attached hydrogens (tertiary/aromatic N) is 1. The Morgan fingerprint density at radius 2 is 1.96 bits per heavy atom. The molecule has 0 heterocycles. The third-order valence-corrected chi connectivity index (χ3v) is 5.66. The second kappa shape index (κ2) is 9.18. The summed E-state index contributed by atoms with van der Waals surface area (Å²) in [5.41, 5.74) is 2.33. The molecule has 144 valence electrons. The standard InChI is InChI=1S/C19H23N3O4S/c1-3-27(24,25)18-6-4-5-16(11-18)19(13-26-14(2)23)22-17-9-7-15(8-10-17)12-21-20/h4-12,19,22H,3,13,20H2,1-2H3. The van der Waals surface area contributed by atoms with Gasteiger partial charge in [-0.1, -0.05) is 31.2 Å². The Morgan fingerprint density at radius 3 is 2.56 bits per heavy atom. The van der Waals surface area contributed by atoms with E-state index in [9.17, 15) is 13.2 Å². The summed E-state index contributed by atoms with van der Waals surface area (Å²) in [5, 5.41) is 6.74. The Bertz CT molecular complexity index is 909. The van der Waals surface area contributed by atoms with E-state index in [0.29, 0.717) is 5.56 Å². The molecule has 0 aliphatic carbocycles. The first-order valence-electron chi connectivity index (χ1n) is 8.41. The summed E-state index contributed by atoms with van der Waals surface area (Å²) in [6, 6.07) is 13.6. The van der Waals surface area contributed by atoms with Crippen LogP contribution in [0.15, 0.2) is 58.5 Å². The van der Waals surface area contributed by atoms with E-state index in [0.717, 1.165) is 11.3 Å². The van der Waals surface area contributed by atoms with Crippen molar-refractivity contribution in [3.05, 3.63) is 59.7 Å². The molecule has 0 radical (unpaired) electrons. The average molecular weight is 389 g/mol. The number of anilines is 1. The zero-order valence-electron chi connectivity index (χ0n) is 15.3. The van der Waals surface area contributed by atoms with E-state index in [2.05, 4.69) is 10.4 Å². The van der Waals surface area contributed by atoms with Crippen LogP contribution in [0, 0.1) is 0 Å². The van der Waals surface area contributed by atoms with E-state index >= 15 is 0 Å². The minimum atomic E-state index is -3.33. The lowest BCUT2D eigenvalue weighted by atomic mass is 10.1. The first kappa shape index (κ1) is 20.4. The summed E-state index contributed by atoms with van der Waals surface area (Å²) in [4.78, 5) is 11.5. The fourth-order valence-electron chi connectivity index (χ4n) is 2.47. The molecule has 2 aromatic rings. The molecule has 0 saturated heterocycles. The molecule has 0 aliphatic heterocycles. The minimum Gasteiger partial charge on any atom is -0.463 e. The highest BCUT2D eigenvalue weighted by Gasteiger charge is 2.17. The number of nitrogens with one attached hydrogen (secondary N) is 1. The Balaban J connectivity index is 2.31. The molecule has 1 unspecified atom stereocenters. The summed E-state index contributed by atoms with van der Waals surface area (Å²) < 4.78 is 29.5. The zero-order chi connectivity index (χ0) is 19.9. The monoisotopic (exact) mass is 389 g/mol. The van der Waals surface area contributed by atoms with Crippen molar-refractivity contribution < 1.29 is 17.9 Å². The van der Waals surface area contributed by atoms with Gasteiger partial charge in [-0.2, -0.15) is 5.10 Å². The van der Waals surface area contributed by atoms with Crippen molar-refractivity contribution in [3.8, 4) is 0 Å². The molecule has 0 fully saturated rings. The molecule has 0 saturated carbocycles. The van der Waals surface area contributed by atoms with Crippen molar-refractivity contribution in [1.29, 1.82) is 0 Å². The molecule has 0 aliphatic rings. The highest BCUT2D eigenvalue weighted by molar-refractivity contribution is 7.91. The van der Waals surface area contributed by atoms with Gasteiger partial charge in [0.2, 0.25) is 0 Å². The summed E-state index contributed by atoms with van der Waals surface area (Å²) >= 11 is 0. The maximum atomic E-state index is 12.2. The topological polar surface area (TPSA) is 111 Å². The Hall–Kier alpha value is -2.87. The number of hydrogen-bond donors (Lipinski definition) is 2. The number of esters is 1. The molecule has 0 aromatic heterocycles. The SMILES string of the molecule is CCS(=O)(=O)c1cccc(C(COC(C)=O)Nc2ccc(C=NN)cc2)c1. The van der Waals surface area contributed by atoms with Crippen molar-refractivity contribution in [2.24, 2.45) is 10.9 Å². The predicted molar refractivity (Wildman–Crippen MR) is 105 cm³/mol. The number of carbonyl (C=O) groups is 1. The highest BCUT2D eigenvalue weighted by atomic mass is 32.2. The highest BCUT2D eigenvalue weighted by Crippen LogP contribution is 2.23. The van der Waals surface area contributed by atoms with Crippen LogP contribution in [0.2, 0.25) is 0 Å². The van der Waals surface area contributed by atoms with E-state index in [1.807, 2.05) is 24.3 Å². The molecule has 2 aromatic carbocycles.